The number of aromatic amines is 2. The summed E-state index contributed by atoms with van der Waals surface area (Å²) in [6, 6.07) is 8.98. The van der Waals surface area contributed by atoms with Gasteiger partial charge < -0.3 is 24.5 Å². The number of hydrogen-bond acceptors (Lipinski definition) is 7. The van der Waals surface area contributed by atoms with E-state index in [0.717, 1.165) is 19.7 Å². The quantitative estimate of drug-likeness (QED) is 0.0953. The van der Waals surface area contributed by atoms with Gasteiger partial charge in [0.1, 0.15) is 19.9 Å². The minimum atomic E-state index is -0.500. The molecule has 0 saturated heterocycles. The van der Waals surface area contributed by atoms with Crippen LogP contribution >= 0.6 is 599 Å². The summed E-state index contributed by atoms with van der Waals surface area (Å²) in [4.78, 5) is 34.2. The third-order valence-corrected chi connectivity index (χ3v) is 1500. The minimum Gasteiger partial charge on any atom is -0.474 e. The zero-order chi connectivity index (χ0) is 59.1. The van der Waals surface area contributed by atoms with E-state index in [1.54, 1.807) is 43.0 Å². The number of rotatable bonds is 16. The molecular formula is C24H20Br4FI37N4O5-2. The van der Waals surface area contributed by atoms with Crippen LogP contribution < -0.4 is 47.1 Å². The van der Waals surface area contributed by atoms with Crippen molar-refractivity contribution in [2.45, 2.75) is 0 Å². The second-order valence-corrected chi connectivity index (χ2v) is 633. The molecule has 51 heteroatoms. The third kappa shape index (κ3) is 65.4. The van der Waals surface area contributed by atoms with E-state index >= 15 is 0 Å². The molecule has 0 saturated carbocycles. The van der Waals surface area contributed by atoms with Crippen molar-refractivity contribution in [2.75, 3.05) is 26.5 Å². The smallest absolute Gasteiger partial charge is 0.262 e. The fraction of sp³-hybridized carbons (Fsp3) is 0.167. The first-order valence-corrected chi connectivity index (χ1v) is 210. The SMILES string of the molecule is FCCOc1ncc(I)cc1Br.II(I)I(I)I(I)I.II(I)I(I)I(I)I(I)I.I[I-]I(I)I(I)I.I[I-]I(I)I(I)I(I)I.O=c1[nH]cc(I)cc1Br.O=c1[nH]cccc1Br.OCCOc1ncc(I)cc1Br. The van der Waals surface area contributed by atoms with E-state index in [4.69, 9.17) is 14.6 Å². The van der Waals surface area contributed by atoms with E-state index in [1.807, 2.05) is 12.1 Å². The molecule has 0 aromatic carbocycles. The van der Waals surface area contributed by atoms with Crippen LogP contribution in [-0.4, -0.2) is 51.5 Å². The Labute approximate surface area is 774 Å². The molecule has 0 aliphatic carbocycles. The number of nitrogens with one attached hydrogen (secondary N) is 2. The number of aliphatic hydroxyl groups is 1. The largest absolute Gasteiger partial charge is 0.474 e. The minimum absolute atomic E-state index is 0.000106. The Hall–Kier alpha value is 24.6. The van der Waals surface area contributed by atoms with Gasteiger partial charge in [-0.1, -0.05) is 0 Å². The zero-order valence-corrected chi connectivity index (χ0v) is 120. The van der Waals surface area contributed by atoms with Crippen LogP contribution in [0.4, 0.5) is 4.39 Å². The fourth-order valence-electron chi connectivity index (χ4n) is 2.28. The first-order valence-electron chi connectivity index (χ1n) is 15.2. The monoisotopic (exact) mass is 5470 g/mol. The van der Waals surface area contributed by atoms with E-state index in [2.05, 4.69) is 524 Å². The van der Waals surface area contributed by atoms with Gasteiger partial charge in [-0.05, 0) is 162 Å². The van der Waals surface area contributed by atoms with Gasteiger partial charge in [0, 0.05) is 35.5 Å². The average Bonchev–Trinajstić information content (AvgIpc) is 3.35. The number of aliphatic hydroxyl groups excluding tert-OH is 1. The van der Waals surface area contributed by atoms with Crippen LogP contribution in [0.5, 0.6) is 11.8 Å². The van der Waals surface area contributed by atoms with Crippen molar-refractivity contribution in [3.8, 4) is 11.8 Å². The van der Waals surface area contributed by atoms with Crippen LogP contribution in [-0.2, 0) is 0 Å². The molecule has 9 nitrogen and oxygen atoms in total. The second kappa shape index (κ2) is 71.5. The van der Waals surface area contributed by atoms with Crippen molar-refractivity contribution in [3.05, 3.63) is 104 Å². The number of alkyl halides is 1. The second-order valence-electron chi connectivity index (χ2n) is 8.88. The maximum atomic E-state index is 11.7. The number of H-pyrrole nitrogens is 2. The van der Waals surface area contributed by atoms with Crippen molar-refractivity contribution < 1.29 is 45.5 Å². The zero-order valence-electron chi connectivity index (χ0n) is 33.4. The van der Waals surface area contributed by atoms with Crippen LogP contribution in [0.1, 0.15) is 0 Å². The van der Waals surface area contributed by atoms with Crippen LogP contribution in [0.25, 0.3) is 0 Å². The standard InChI is InChI=1S/C7H6BrFINO.C7H7BrINO2.C5H3BrINO.C5H4BrNO.I10.I9.I8.I7/c8-6-3-5(10)4-11-7(6)12-2-1-9;8-6-3-5(9)4-10-7(6)12-2-1-11;6-4-1-3(7)2-8-5(4)9;6-4-2-1-3-7-5(4)8;1-7(2)9(5)10(6)8(3)4;1-6-8(4)9(5)7(2)3;1-6(2)8(5)7(3)4;1-5-7(4)6(2)3/h3-4H,1-2H2;3-4,11H,1-2H2;1-2H,(H,8,9);1-3H,(H,7,8);;;;/q;;;;;-1;;-1. The van der Waals surface area contributed by atoms with Gasteiger partial charge in [0.05, 0.1) is 24.5 Å². The molecule has 0 unspecified atom stereocenters. The normalized spacial score (nSPS) is 12.3. The van der Waals surface area contributed by atoms with Gasteiger partial charge in [0.15, 0.2) is 0 Å². The van der Waals surface area contributed by atoms with Gasteiger partial charge in [-0.2, -0.15) is 0 Å². The van der Waals surface area contributed by atoms with Crippen LogP contribution in [0, 0.1) is 10.7 Å². The molecule has 4 aromatic heterocycles. The van der Waals surface area contributed by atoms with Crippen molar-refractivity contribution in [3.63, 3.8) is 0 Å². The summed E-state index contributed by atoms with van der Waals surface area (Å²) in [5, 5.41) is 8.50. The molecule has 0 bridgehead atoms. The van der Waals surface area contributed by atoms with Gasteiger partial charge in [0.25, 0.3) is 11.1 Å². The molecule has 0 radical (unpaired) electrons. The fourth-order valence-corrected chi connectivity index (χ4v) is 2100. The summed E-state index contributed by atoms with van der Waals surface area (Å²) in [5.41, 5.74) is -0.178. The Bertz CT molecular complexity index is 2100. The van der Waals surface area contributed by atoms with E-state index in [9.17, 15) is 14.0 Å². The van der Waals surface area contributed by atoms with Gasteiger partial charge in [-0.15, -0.1) is 0 Å². The van der Waals surface area contributed by atoms with E-state index in [0.29, 0.717) is 47.2 Å². The average molecular weight is 5480 g/mol. The number of aromatic nitrogens is 4. The molecular weight excluding hydrogens is 5460 g/mol. The number of ether oxygens (including phenoxy) is 2. The Morgan fingerprint density at radius 1 is 0.533 bits per heavy atom. The summed E-state index contributed by atoms with van der Waals surface area (Å²) in [6.45, 7) is -0.182. The molecule has 0 atom stereocenters. The number of nitrogens with zero attached hydrogens (tertiary/aromatic N) is 2. The molecule has 4 rings (SSSR count). The predicted molar refractivity (Wildman–Crippen MR) is 644 cm³/mol. The van der Waals surface area contributed by atoms with Crippen LogP contribution in [0.2, 0.25) is 0 Å². The number of hydrogen-bond donors (Lipinski definition) is 3. The molecule has 75 heavy (non-hydrogen) atoms. The predicted octanol–water partition coefficient (Wildman–Crippen LogP) is 29.8. The maximum absolute atomic E-state index is 11.7. The maximum Gasteiger partial charge on any atom is 0.262 e. The Balaban J connectivity index is -0.000000387. The van der Waals surface area contributed by atoms with Crippen LogP contribution in [0.15, 0.2) is 82.6 Å². The van der Waals surface area contributed by atoms with Crippen LogP contribution in [0.3, 0.4) is 0 Å². The van der Waals surface area contributed by atoms with Crippen molar-refractivity contribution in [1.82, 2.24) is 19.9 Å². The molecule has 0 spiro atoms. The Morgan fingerprint density at radius 3 is 1.16 bits per heavy atom. The molecule has 0 fully saturated rings. The molecule has 462 valence electrons. The molecule has 0 aliphatic rings. The molecule has 4 aromatic rings. The van der Waals surface area contributed by atoms with E-state index in [1.165, 1.54) is 0 Å². The first-order chi connectivity index (χ1) is 34.8. The topological polar surface area (TPSA) is 130 Å². The molecule has 4 heterocycles. The Morgan fingerprint density at radius 2 is 0.920 bits per heavy atom. The Kier molecular flexibility index (Phi) is 101. The molecule has 3 N–H and O–H groups in total. The number of pyridine rings is 4. The number of halogens is 42. The molecule has 0 aliphatic heterocycles. The van der Waals surface area contributed by atoms with Crippen molar-refractivity contribution in [2.24, 2.45) is 0 Å². The first kappa shape index (κ1) is 106. The van der Waals surface area contributed by atoms with Gasteiger partial charge in [0.2, 0.25) is 11.8 Å². The van der Waals surface area contributed by atoms with E-state index in [-0.39, 0.29) is 126 Å². The molecule has 0 amide bonds. The van der Waals surface area contributed by atoms with E-state index < -0.39 is 6.67 Å². The summed E-state index contributed by atoms with van der Waals surface area (Å²) < 4.78 is 27.6. The van der Waals surface area contributed by atoms with Gasteiger partial charge in [-0.3, -0.25) is 9.59 Å². The summed E-state index contributed by atoms with van der Waals surface area (Å²) >= 11 is 75.7. The van der Waals surface area contributed by atoms with Crippen molar-refractivity contribution in [1.29, 1.82) is 0 Å². The summed E-state index contributed by atoms with van der Waals surface area (Å²) in [6.07, 6.45) is 6.62. The van der Waals surface area contributed by atoms with Gasteiger partial charge >= 0.3 is 494 Å². The van der Waals surface area contributed by atoms with Gasteiger partial charge in [-0.25, -0.2) is 14.4 Å². The van der Waals surface area contributed by atoms with Crippen molar-refractivity contribution >= 4 is 599 Å². The summed E-state index contributed by atoms with van der Waals surface area (Å²) in [5.74, 6) is 0.956. The third-order valence-electron chi connectivity index (χ3n) is 4.52. The summed E-state index contributed by atoms with van der Waals surface area (Å²) in [7, 11) is -3.53.